The normalized spacial score (nSPS) is 15.3. The highest BCUT2D eigenvalue weighted by Gasteiger charge is 2.24. The van der Waals surface area contributed by atoms with Gasteiger partial charge in [0.25, 0.3) is 0 Å². The summed E-state index contributed by atoms with van der Waals surface area (Å²) in [5.41, 5.74) is 5.18. The Morgan fingerprint density at radius 1 is 0.882 bits per heavy atom. The van der Waals surface area contributed by atoms with Gasteiger partial charge in [-0.05, 0) is 38.5 Å². The molecule has 194 valence electrons. The predicted octanol–water partition coefficient (Wildman–Crippen LogP) is 4.90. The number of phosphoric acid groups is 1. The topological polar surface area (TPSA) is 128 Å². The fourth-order valence-electron chi connectivity index (χ4n) is 2.44. The van der Waals surface area contributed by atoms with Crippen LogP contribution >= 0.6 is 7.82 Å². The van der Waals surface area contributed by atoms with Crippen LogP contribution in [-0.2, 0) is 23.1 Å². The van der Waals surface area contributed by atoms with Gasteiger partial charge in [0.05, 0.1) is 19.8 Å². The molecule has 34 heavy (non-hydrogen) atoms. The van der Waals surface area contributed by atoms with Crippen molar-refractivity contribution >= 4 is 13.8 Å². The highest BCUT2D eigenvalue weighted by molar-refractivity contribution is 7.47. The maximum atomic E-state index is 11.8. The van der Waals surface area contributed by atoms with Gasteiger partial charge < -0.3 is 20.5 Å². The van der Waals surface area contributed by atoms with Crippen LogP contribution in [0.4, 0.5) is 0 Å². The molecule has 2 unspecified atom stereocenters. The van der Waals surface area contributed by atoms with E-state index in [9.17, 15) is 19.4 Å². The highest BCUT2D eigenvalue weighted by Crippen LogP contribution is 2.42. The van der Waals surface area contributed by atoms with Gasteiger partial charge in [-0.2, -0.15) is 0 Å². The molecular formula is C25H42NO7P. The number of aliphatic hydroxyl groups excluding tert-OH is 1. The largest absolute Gasteiger partial charge is 0.472 e. The molecule has 0 amide bonds. The van der Waals surface area contributed by atoms with E-state index >= 15 is 0 Å². The van der Waals surface area contributed by atoms with E-state index in [1.807, 2.05) is 12.2 Å². The van der Waals surface area contributed by atoms with Gasteiger partial charge in [0.15, 0.2) is 0 Å². The summed E-state index contributed by atoms with van der Waals surface area (Å²) < 4.78 is 25.8. The number of unbranched alkanes of at least 4 members (excludes halogenated alkanes) is 1. The first-order chi connectivity index (χ1) is 16.4. The smallest absolute Gasteiger partial charge is 0.457 e. The van der Waals surface area contributed by atoms with E-state index in [1.165, 1.54) is 6.42 Å². The van der Waals surface area contributed by atoms with Crippen LogP contribution in [0.25, 0.3) is 0 Å². The number of carbonyl (C=O) groups excluding carboxylic acids is 1. The van der Waals surface area contributed by atoms with E-state index in [4.69, 9.17) is 10.5 Å². The van der Waals surface area contributed by atoms with Gasteiger partial charge in [0, 0.05) is 13.0 Å². The zero-order valence-electron chi connectivity index (χ0n) is 20.3. The minimum absolute atomic E-state index is 0.0577. The fraction of sp³-hybridized carbons (Fsp3) is 0.560. The molecule has 9 heteroatoms. The Morgan fingerprint density at radius 2 is 1.38 bits per heavy atom. The summed E-state index contributed by atoms with van der Waals surface area (Å²) >= 11 is 0. The number of ether oxygens (including phenoxy) is 1. The molecule has 0 aliphatic carbocycles. The molecule has 0 aromatic rings. The van der Waals surface area contributed by atoms with Crippen LogP contribution in [0.3, 0.4) is 0 Å². The molecule has 0 aliphatic rings. The lowest BCUT2D eigenvalue weighted by atomic mass is 10.2. The maximum absolute atomic E-state index is 11.8. The summed E-state index contributed by atoms with van der Waals surface area (Å²) in [7, 11) is -4.28. The van der Waals surface area contributed by atoms with Crippen molar-refractivity contribution in [2.75, 3.05) is 26.4 Å². The van der Waals surface area contributed by atoms with Gasteiger partial charge in [-0.25, -0.2) is 4.57 Å². The fourth-order valence-corrected chi connectivity index (χ4v) is 3.20. The molecular weight excluding hydrogens is 457 g/mol. The first-order valence-electron chi connectivity index (χ1n) is 11.8. The Hall–Kier alpha value is -1.80. The Bertz CT molecular complexity index is 701. The van der Waals surface area contributed by atoms with E-state index in [0.29, 0.717) is 6.42 Å². The molecule has 0 spiro atoms. The molecule has 0 aromatic heterocycles. The molecule has 4 N–H and O–H groups in total. The first-order valence-corrected chi connectivity index (χ1v) is 13.3. The molecule has 0 rings (SSSR count). The minimum atomic E-state index is -4.28. The molecule has 2 atom stereocenters. The average Bonchev–Trinajstić information content (AvgIpc) is 2.82. The van der Waals surface area contributed by atoms with Crippen molar-refractivity contribution in [1.29, 1.82) is 0 Å². The second kappa shape index (κ2) is 23.0. The number of carbonyl (C=O) groups is 1. The molecule has 8 nitrogen and oxygen atoms in total. The molecule has 0 saturated heterocycles. The van der Waals surface area contributed by atoms with Crippen LogP contribution in [0.1, 0.15) is 58.3 Å². The third-order valence-electron chi connectivity index (χ3n) is 4.19. The van der Waals surface area contributed by atoms with Crippen molar-refractivity contribution < 1.29 is 33.1 Å². The third-order valence-corrected chi connectivity index (χ3v) is 5.17. The van der Waals surface area contributed by atoms with E-state index in [2.05, 4.69) is 64.6 Å². The number of esters is 1. The van der Waals surface area contributed by atoms with E-state index in [-0.39, 0.29) is 19.6 Å². The Kier molecular flexibility index (Phi) is 21.8. The van der Waals surface area contributed by atoms with Crippen LogP contribution in [0.5, 0.6) is 0 Å². The molecule has 0 fully saturated rings. The van der Waals surface area contributed by atoms with Gasteiger partial charge in [-0.3, -0.25) is 13.8 Å². The summed E-state index contributed by atoms with van der Waals surface area (Å²) in [6.07, 6.45) is 26.5. The standard InChI is InChI=1S/C25H42NO7P/c1-2-3-4-5-6-7-8-9-10-11-12-13-14-15-16-17-18-19-25(28)33-24(22-27)23-32-34(29,30)31-21-20-26/h4-5,7-8,10-11,13-14,16-17,24,27H,2-3,6,9,12,15,18-23,26H2,1H3,(H,29,30). The van der Waals surface area contributed by atoms with Crippen LogP contribution in [0.2, 0.25) is 0 Å². The lowest BCUT2D eigenvalue weighted by Gasteiger charge is -2.17. The molecule has 0 saturated carbocycles. The molecule has 0 aromatic carbocycles. The maximum Gasteiger partial charge on any atom is 0.472 e. The summed E-state index contributed by atoms with van der Waals surface area (Å²) in [4.78, 5) is 21.2. The van der Waals surface area contributed by atoms with Gasteiger partial charge >= 0.3 is 13.8 Å². The third kappa shape index (κ3) is 22.0. The molecule has 0 aliphatic heterocycles. The summed E-state index contributed by atoms with van der Waals surface area (Å²) in [5.74, 6) is -0.533. The van der Waals surface area contributed by atoms with E-state index in [1.54, 1.807) is 0 Å². The quantitative estimate of drug-likeness (QED) is 0.116. The van der Waals surface area contributed by atoms with Crippen LogP contribution in [0, 0.1) is 0 Å². The van der Waals surface area contributed by atoms with Crippen molar-refractivity contribution in [1.82, 2.24) is 0 Å². The second-order valence-corrected chi connectivity index (χ2v) is 8.76. The minimum Gasteiger partial charge on any atom is -0.457 e. The zero-order chi connectivity index (χ0) is 25.3. The lowest BCUT2D eigenvalue weighted by molar-refractivity contribution is -0.153. The first kappa shape index (κ1) is 32.2. The molecule has 0 radical (unpaired) electrons. The summed E-state index contributed by atoms with van der Waals surface area (Å²) in [6, 6.07) is 0. The number of nitrogens with two attached hydrogens (primary N) is 1. The number of rotatable bonds is 21. The van der Waals surface area contributed by atoms with E-state index in [0.717, 1.165) is 32.1 Å². The summed E-state index contributed by atoms with van der Waals surface area (Å²) in [6.45, 7) is 1.09. The lowest BCUT2D eigenvalue weighted by Crippen LogP contribution is -2.27. The van der Waals surface area contributed by atoms with Crippen molar-refractivity contribution in [2.45, 2.75) is 64.4 Å². The Morgan fingerprint density at radius 3 is 1.85 bits per heavy atom. The van der Waals surface area contributed by atoms with Crippen LogP contribution in [0.15, 0.2) is 60.8 Å². The highest BCUT2D eigenvalue weighted by atomic mass is 31.2. The van der Waals surface area contributed by atoms with E-state index < -0.39 is 33.1 Å². The van der Waals surface area contributed by atoms with Crippen LogP contribution < -0.4 is 5.73 Å². The predicted molar refractivity (Wildman–Crippen MR) is 136 cm³/mol. The monoisotopic (exact) mass is 499 g/mol. The van der Waals surface area contributed by atoms with Gasteiger partial charge in [-0.1, -0.05) is 74.1 Å². The number of hydrogen-bond acceptors (Lipinski definition) is 7. The average molecular weight is 500 g/mol. The zero-order valence-corrected chi connectivity index (χ0v) is 21.2. The van der Waals surface area contributed by atoms with Crippen molar-refractivity contribution in [3.05, 3.63) is 60.8 Å². The molecule has 0 bridgehead atoms. The Labute approximate surface area is 204 Å². The van der Waals surface area contributed by atoms with Gasteiger partial charge in [0.2, 0.25) is 0 Å². The van der Waals surface area contributed by atoms with Gasteiger partial charge in [-0.15, -0.1) is 0 Å². The van der Waals surface area contributed by atoms with Crippen LogP contribution in [-0.4, -0.2) is 48.4 Å². The second-order valence-electron chi connectivity index (χ2n) is 7.31. The number of aliphatic hydroxyl groups is 1. The van der Waals surface area contributed by atoms with Crippen molar-refractivity contribution in [2.24, 2.45) is 5.73 Å². The number of allylic oxidation sites excluding steroid dienone is 10. The SMILES string of the molecule is CCCC=CCC=CCC=CCC=CCC=CCCC(=O)OC(CO)COP(=O)(O)OCCN. The Balaban J connectivity index is 3.88. The summed E-state index contributed by atoms with van der Waals surface area (Å²) in [5, 5.41) is 9.25. The number of phosphoric ester groups is 1. The van der Waals surface area contributed by atoms with Gasteiger partial charge in [0.1, 0.15) is 6.10 Å². The number of hydrogen-bond donors (Lipinski definition) is 3. The van der Waals surface area contributed by atoms with Crippen molar-refractivity contribution in [3.63, 3.8) is 0 Å². The molecule has 0 heterocycles. The van der Waals surface area contributed by atoms with Crippen molar-refractivity contribution in [3.8, 4) is 0 Å².